The van der Waals surface area contributed by atoms with Gasteiger partial charge in [-0.1, -0.05) is 81.3 Å². The molecule has 4 aromatic rings. The maximum atomic E-state index is 13.0. The van der Waals surface area contributed by atoms with Crippen molar-refractivity contribution in [1.82, 2.24) is 10.3 Å². The Bertz CT molecular complexity index is 2220. The van der Waals surface area contributed by atoms with Gasteiger partial charge >= 0.3 is 5.97 Å². The molecule has 0 aliphatic carbocycles. The number of thiazole rings is 1. The molecule has 0 spiro atoms. The number of aromatic nitrogens is 1. The monoisotopic (exact) mass is 755 g/mol. The molecule has 0 unspecified atom stereocenters. The van der Waals surface area contributed by atoms with Crippen LogP contribution in [0.4, 0.5) is 17.1 Å². The molecular formula is C45H51N6O3S+. The van der Waals surface area contributed by atoms with Gasteiger partial charge in [0.15, 0.2) is 17.3 Å². The van der Waals surface area contributed by atoms with Gasteiger partial charge in [-0.25, -0.2) is 4.98 Å². The number of benzene rings is 3. The quantitative estimate of drug-likeness (QED) is 0.0559. The first kappa shape index (κ1) is 39.2. The molecule has 2 aliphatic heterocycles. The molecule has 9 nitrogen and oxygen atoms in total. The van der Waals surface area contributed by atoms with Crippen molar-refractivity contribution < 1.29 is 19.3 Å². The highest BCUT2D eigenvalue weighted by Gasteiger charge is 2.44. The fraction of sp³-hybridized carbons (Fsp3) is 0.356. The van der Waals surface area contributed by atoms with Crippen LogP contribution >= 0.6 is 11.3 Å². The van der Waals surface area contributed by atoms with Crippen molar-refractivity contribution in [3.63, 3.8) is 0 Å². The lowest BCUT2D eigenvalue weighted by Gasteiger charge is -2.27. The van der Waals surface area contributed by atoms with Crippen LogP contribution in [0.25, 0.3) is 10.2 Å². The predicted molar refractivity (Wildman–Crippen MR) is 224 cm³/mol. The molecule has 0 fully saturated rings. The Labute approximate surface area is 328 Å². The highest BCUT2D eigenvalue weighted by Crippen LogP contribution is 2.47. The maximum absolute atomic E-state index is 13.0. The summed E-state index contributed by atoms with van der Waals surface area (Å²) in [7, 11) is 0. The third kappa shape index (κ3) is 8.90. The zero-order valence-electron chi connectivity index (χ0n) is 32.3. The number of amides is 1. The molecule has 3 aromatic carbocycles. The van der Waals surface area contributed by atoms with E-state index in [1.807, 2.05) is 36.4 Å². The SMILES string of the molecule is CC1(C)C(/C=C/C=C/C=C2/N(CCC(=O)NCCCCCCNc3ccc4nc(C#N)sc4c3)c3ccccc3C2(C)C)=[N+](CCC(=O)O)c2ccccc21. The van der Waals surface area contributed by atoms with Gasteiger partial charge < -0.3 is 20.6 Å². The topological polar surface area (TPSA) is 121 Å². The summed E-state index contributed by atoms with van der Waals surface area (Å²) in [5, 5.41) is 25.6. The number of nitrogens with one attached hydrogen (secondary N) is 2. The molecule has 0 atom stereocenters. The highest BCUT2D eigenvalue weighted by atomic mass is 32.1. The largest absolute Gasteiger partial charge is 0.481 e. The van der Waals surface area contributed by atoms with Crippen LogP contribution in [0.3, 0.4) is 0 Å². The molecule has 0 radical (unpaired) electrons. The lowest BCUT2D eigenvalue weighted by molar-refractivity contribution is -0.436. The number of allylic oxidation sites excluding steroid dienone is 6. The second-order valence-corrected chi connectivity index (χ2v) is 16.2. The van der Waals surface area contributed by atoms with E-state index < -0.39 is 5.97 Å². The van der Waals surface area contributed by atoms with Gasteiger partial charge in [0.05, 0.1) is 15.6 Å². The van der Waals surface area contributed by atoms with E-state index in [-0.39, 0.29) is 23.2 Å². The lowest BCUT2D eigenvalue weighted by Crippen LogP contribution is -2.32. The number of carboxylic acid groups (broad SMARTS) is 1. The Hall–Kier alpha value is -5.53. The Morgan fingerprint density at radius 1 is 0.909 bits per heavy atom. The van der Waals surface area contributed by atoms with Crippen LogP contribution in [0.2, 0.25) is 0 Å². The predicted octanol–water partition coefficient (Wildman–Crippen LogP) is 8.99. The van der Waals surface area contributed by atoms with E-state index >= 15 is 0 Å². The van der Waals surface area contributed by atoms with Gasteiger partial charge in [0, 0.05) is 66.2 Å². The van der Waals surface area contributed by atoms with Crippen molar-refractivity contribution >= 4 is 56.2 Å². The highest BCUT2D eigenvalue weighted by molar-refractivity contribution is 7.19. The second-order valence-electron chi connectivity index (χ2n) is 15.2. The van der Waals surface area contributed by atoms with E-state index in [4.69, 9.17) is 5.26 Å². The number of aliphatic carboxylic acids is 1. The summed E-state index contributed by atoms with van der Waals surface area (Å²) in [6, 6.07) is 24.8. The molecule has 0 saturated carbocycles. The summed E-state index contributed by atoms with van der Waals surface area (Å²) in [4.78, 5) is 31.0. The number of fused-ring (bicyclic) bond motifs is 3. The Morgan fingerprint density at radius 2 is 1.65 bits per heavy atom. The molecule has 284 valence electrons. The minimum Gasteiger partial charge on any atom is -0.481 e. The van der Waals surface area contributed by atoms with Gasteiger partial charge in [-0.05, 0) is 62.6 Å². The number of para-hydroxylation sites is 2. The molecule has 3 heterocycles. The van der Waals surface area contributed by atoms with Crippen molar-refractivity contribution in [1.29, 1.82) is 5.26 Å². The third-order valence-electron chi connectivity index (χ3n) is 10.7. The number of carboxylic acids is 1. The molecule has 0 saturated heterocycles. The summed E-state index contributed by atoms with van der Waals surface area (Å²) < 4.78 is 3.15. The second kappa shape index (κ2) is 17.3. The number of hydrogen-bond donors (Lipinski definition) is 3. The Balaban J connectivity index is 1.00. The number of anilines is 2. The van der Waals surface area contributed by atoms with Gasteiger partial charge in [0.2, 0.25) is 11.6 Å². The van der Waals surface area contributed by atoms with Crippen LogP contribution < -0.4 is 15.5 Å². The van der Waals surface area contributed by atoms with E-state index in [1.165, 1.54) is 22.5 Å². The van der Waals surface area contributed by atoms with Crippen LogP contribution in [0.5, 0.6) is 0 Å². The van der Waals surface area contributed by atoms with Crippen molar-refractivity contribution in [2.75, 3.05) is 36.4 Å². The summed E-state index contributed by atoms with van der Waals surface area (Å²) in [5.74, 6) is -0.750. The zero-order chi connectivity index (χ0) is 39.0. The molecule has 6 rings (SSSR count). The first-order valence-corrected chi connectivity index (χ1v) is 20.0. The van der Waals surface area contributed by atoms with Crippen LogP contribution in [-0.2, 0) is 20.4 Å². The van der Waals surface area contributed by atoms with Crippen molar-refractivity contribution in [3.05, 3.63) is 119 Å². The lowest BCUT2D eigenvalue weighted by atomic mass is 9.81. The van der Waals surface area contributed by atoms with E-state index in [0.29, 0.717) is 31.1 Å². The van der Waals surface area contributed by atoms with E-state index in [9.17, 15) is 14.7 Å². The van der Waals surface area contributed by atoms with E-state index in [0.717, 1.165) is 70.9 Å². The van der Waals surface area contributed by atoms with E-state index in [2.05, 4.69) is 120 Å². The number of rotatable bonds is 17. The summed E-state index contributed by atoms with van der Waals surface area (Å²) >= 11 is 1.41. The average Bonchev–Trinajstić information content (AvgIpc) is 3.76. The number of hydrogen-bond acceptors (Lipinski definition) is 7. The fourth-order valence-electron chi connectivity index (χ4n) is 7.78. The zero-order valence-corrected chi connectivity index (χ0v) is 33.1. The third-order valence-corrected chi connectivity index (χ3v) is 11.6. The van der Waals surface area contributed by atoms with Gasteiger partial charge in [-0.2, -0.15) is 9.84 Å². The van der Waals surface area contributed by atoms with Crippen LogP contribution in [0, 0.1) is 11.3 Å². The van der Waals surface area contributed by atoms with Crippen LogP contribution in [0.15, 0.2) is 103 Å². The van der Waals surface area contributed by atoms with Gasteiger partial charge in [0.1, 0.15) is 12.5 Å². The summed E-state index contributed by atoms with van der Waals surface area (Å²) in [6.07, 6.45) is 14.9. The minimum absolute atomic E-state index is 0.0596. The van der Waals surface area contributed by atoms with Crippen LogP contribution in [-0.4, -0.2) is 58.4 Å². The van der Waals surface area contributed by atoms with Gasteiger partial charge in [-0.3, -0.25) is 9.59 Å². The first-order chi connectivity index (χ1) is 26.5. The van der Waals surface area contributed by atoms with Crippen LogP contribution in [0.1, 0.15) is 82.4 Å². The molecule has 2 aliphatic rings. The Morgan fingerprint density at radius 3 is 2.44 bits per heavy atom. The van der Waals surface area contributed by atoms with Crippen molar-refractivity contribution in [3.8, 4) is 6.07 Å². The maximum Gasteiger partial charge on any atom is 0.309 e. The number of unbranched alkanes of at least 4 members (excludes halogenated alkanes) is 3. The fourth-order valence-corrected chi connectivity index (χ4v) is 8.58. The molecule has 1 amide bonds. The molecule has 0 bridgehead atoms. The molecule has 10 heteroatoms. The first-order valence-electron chi connectivity index (χ1n) is 19.2. The standard InChI is InChI=1S/C45H50N6O3S/c1-44(2)33-16-10-12-18-36(33)50(28-24-41(52)48-27-15-6-5-14-26-47-32-22-23-35-38(30-32)55-42(31-46)49-35)39(44)20-8-7-9-21-40-45(3,4)34-17-11-13-19-37(34)51(40)29-25-43(53)54/h7-13,16-23,30,47H,5-6,14-15,24-29H2,1-4H3,(H-,48,52,53,54)/p+1. The van der Waals surface area contributed by atoms with Gasteiger partial charge in [0.25, 0.3) is 0 Å². The average molecular weight is 756 g/mol. The Kier molecular flexibility index (Phi) is 12.3. The number of carbonyl (C=O) groups excluding carboxylic acids is 1. The summed E-state index contributed by atoms with van der Waals surface area (Å²) in [5.41, 5.74) is 8.26. The number of nitrogens with zero attached hydrogens (tertiary/aromatic N) is 4. The normalized spacial score (nSPS) is 16.3. The van der Waals surface area contributed by atoms with E-state index in [1.54, 1.807) is 0 Å². The van der Waals surface area contributed by atoms with Crippen molar-refractivity contribution in [2.45, 2.75) is 77.0 Å². The van der Waals surface area contributed by atoms with Crippen molar-refractivity contribution in [2.24, 2.45) is 0 Å². The smallest absolute Gasteiger partial charge is 0.309 e. The molecular weight excluding hydrogens is 705 g/mol. The molecule has 1 aromatic heterocycles. The van der Waals surface area contributed by atoms with Gasteiger partial charge in [-0.15, -0.1) is 11.3 Å². The molecule has 3 N–H and O–H groups in total. The minimum atomic E-state index is -0.810. The molecule has 55 heavy (non-hydrogen) atoms. The summed E-state index contributed by atoms with van der Waals surface area (Å²) in [6.45, 7) is 11.4. The number of carbonyl (C=O) groups is 2. The number of nitriles is 1.